The van der Waals surface area contributed by atoms with Crippen molar-refractivity contribution >= 4 is 5.91 Å². The molecule has 1 aliphatic heterocycles. The molecule has 0 radical (unpaired) electrons. The molecule has 82 valence electrons. The smallest absolute Gasteiger partial charge is 0.219 e. The summed E-state index contributed by atoms with van der Waals surface area (Å²) in [6, 6.07) is 0.355. The molecule has 1 N–H and O–H groups in total. The molecule has 14 heavy (non-hydrogen) atoms. The van der Waals surface area contributed by atoms with Gasteiger partial charge in [-0.05, 0) is 31.6 Å². The summed E-state index contributed by atoms with van der Waals surface area (Å²) < 4.78 is 0. The number of aliphatic hydroxyl groups excluding tert-OH is 1. The Hall–Kier alpha value is -0.570. The molecule has 1 amide bonds. The Kier molecular flexibility index (Phi) is 4.39. The van der Waals surface area contributed by atoms with Gasteiger partial charge in [0.2, 0.25) is 5.91 Å². The molecular formula is C11H21NO2. The van der Waals surface area contributed by atoms with Gasteiger partial charge in [-0.2, -0.15) is 0 Å². The van der Waals surface area contributed by atoms with Crippen LogP contribution in [0, 0.1) is 5.92 Å². The summed E-state index contributed by atoms with van der Waals surface area (Å²) in [5, 5.41) is 8.89. The maximum absolute atomic E-state index is 11.4. The van der Waals surface area contributed by atoms with Gasteiger partial charge >= 0.3 is 0 Å². The highest BCUT2D eigenvalue weighted by Crippen LogP contribution is 2.24. The highest BCUT2D eigenvalue weighted by Gasteiger charge is 2.28. The normalized spacial score (nSPS) is 24.8. The molecule has 0 spiro atoms. The van der Waals surface area contributed by atoms with Crippen LogP contribution in [0.1, 0.15) is 39.5 Å². The van der Waals surface area contributed by atoms with Crippen LogP contribution in [0.2, 0.25) is 0 Å². The van der Waals surface area contributed by atoms with Crippen LogP contribution in [-0.4, -0.2) is 35.1 Å². The minimum atomic E-state index is 0.180. The Balaban J connectivity index is 2.57. The molecule has 1 heterocycles. The van der Waals surface area contributed by atoms with E-state index in [0.29, 0.717) is 12.0 Å². The van der Waals surface area contributed by atoms with Gasteiger partial charge in [0.05, 0.1) is 0 Å². The number of aliphatic hydroxyl groups is 1. The fourth-order valence-electron chi connectivity index (χ4n) is 2.34. The first-order valence-corrected chi connectivity index (χ1v) is 5.55. The Morgan fingerprint density at radius 2 is 2.29 bits per heavy atom. The van der Waals surface area contributed by atoms with E-state index in [1.807, 2.05) is 4.90 Å². The predicted molar refractivity (Wildman–Crippen MR) is 55.9 cm³/mol. The van der Waals surface area contributed by atoms with E-state index in [4.69, 9.17) is 5.11 Å². The minimum Gasteiger partial charge on any atom is -0.396 e. The van der Waals surface area contributed by atoms with Gasteiger partial charge in [0.1, 0.15) is 0 Å². The predicted octanol–water partition coefficient (Wildman–Crippen LogP) is 1.41. The lowest BCUT2D eigenvalue weighted by Gasteiger charge is -2.38. The molecule has 1 saturated heterocycles. The van der Waals surface area contributed by atoms with Crippen LogP contribution < -0.4 is 0 Å². The minimum absolute atomic E-state index is 0.180. The van der Waals surface area contributed by atoms with Gasteiger partial charge in [0.25, 0.3) is 0 Å². The zero-order valence-electron chi connectivity index (χ0n) is 9.20. The number of amides is 1. The van der Waals surface area contributed by atoms with E-state index in [2.05, 4.69) is 6.92 Å². The summed E-state index contributed by atoms with van der Waals surface area (Å²) in [6.45, 7) is 4.89. The van der Waals surface area contributed by atoms with Crippen LogP contribution in [0.5, 0.6) is 0 Å². The zero-order chi connectivity index (χ0) is 10.6. The van der Waals surface area contributed by atoms with E-state index in [0.717, 1.165) is 25.8 Å². The van der Waals surface area contributed by atoms with Crippen LogP contribution in [0.3, 0.4) is 0 Å². The largest absolute Gasteiger partial charge is 0.396 e. The molecule has 1 rings (SSSR count). The van der Waals surface area contributed by atoms with Gasteiger partial charge in [-0.15, -0.1) is 0 Å². The molecular weight excluding hydrogens is 178 g/mol. The summed E-state index contributed by atoms with van der Waals surface area (Å²) in [5.41, 5.74) is 0. The Morgan fingerprint density at radius 1 is 1.57 bits per heavy atom. The fourth-order valence-corrected chi connectivity index (χ4v) is 2.34. The summed E-state index contributed by atoms with van der Waals surface area (Å²) in [4.78, 5) is 13.4. The highest BCUT2D eigenvalue weighted by atomic mass is 16.3. The Morgan fingerprint density at radius 3 is 2.86 bits per heavy atom. The number of likely N-dealkylation sites (tertiary alicyclic amines) is 1. The first kappa shape index (κ1) is 11.5. The lowest BCUT2D eigenvalue weighted by molar-refractivity contribution is -0.133. The van der Waals surface area contributed by atoms with Gasteiger partial charge < -0.3 is 10.0 Å². The van der Waals surface area contributed by atoms with E-state index in [1.54, 1.807) is 6.92 Å². The van der Waals surface area contributed by atoms with Crippen LogP contribution in [0.15, 0.2) is 0 Å². The van der Waals surface area contributed by atoms with E-state index >= 15 is 0 Å². The molecule has 0 aromatic rings. The van der Waals surface area contributed by atoms with Crippen molar-refractivity contribution in [2.75, 3.05) is 13.2 Å². The van der Waals surface area contributed by atoms with Crippen molar-refractivity contribution in [2.45, 2.75) is 45.6 Å². The van der Waals surface area contributed by atoms with Crippen molar-refractivity contribution < 1.29 is 9.90 Å². The summed E-state index contributed by atoms with van der Waals surface area (Å²) in [6.07, 6.45) is 4.24. The van der Waals surface area contributed by atoms with Gasteiger partial charge in [-0.3, -0.25) is 4.79 Å². The van der Waals surface area contributed by atoms with Crippen LogP contribution in [0.25, 0.3) is 0 Å². The SMILES string of the molecule is CC(=O)N1CCCCC1C(C)CCO. The average molecular weight is 199 g/mol. The first-order valence-electron chi connectivity index (χ1n) is 5.55. The monoisotopic (exact) mass is 199 g/mol. The molecule has 2 atom stereocenters. The molecule has 3 nitrogen and oxygen atoms in total. The van der Waals surface area contributed by atoms with Gasteiger partial charge in [-0.25, -0.2) is 0 Å². The number of carbonyl (C=O) groups excluding carboxylic acids is 1. The number of hydrogen-bond donors (Lipinski definition) is 1. The van der Waals surface area contributed by atoms with Gasteiger partial charge in [0.15, 0.2) is 0 Å². The third kappa shape index (κ3) is 2.71. The van der Waals surface area contributed by atoms with Crippen LogP contribution in [-0.2, 0) is 4.79 Å². The summed E-state index contributed by atoms with van der Waals surface area (Å²) >= 11 is 0. The average Bonchev–Trinajstić information content (AvgIpc) is 2.18. The van der Waals surface area contributed by atoms with Crippen molar-refractivity contribution in [2.24, 2.45) is 5.92 Å². The molecule has 0 aromatic heterocycles. The van der Waals surface area contributed by atoms with Gasteiger partial charge in [-0.1, -0.05) is 6.92 Å². The van der Waals surface area contributed by atoms with Crippen molar-refractivity contribution in [1.29, 1.82) is 0 Å². The number of hydrogen-bond acceptors (Lipinski definition) is 2. The number of piperidine rings is 1. The topological polar surface area (TPSA) is 40.5 Å². The van der Waals surface area contributed by atoms with Crippen molar-refractivity contribution in [3.8, 4) is 0 Å². The Labute approximate surface area is 86.1 Å². The van der Waals surface area contributed by atoms with Crippen LogP contribution in [0.4, 0.5) is 0 Å². The maximum Gasteiger partial charge on any atom is 0.219 e. The molecule has 0 bridgehead atoms. The standard InChI is InChI=1S/C11H21NO2/c1-9(6-8-13)11-5-3-4-7-12(11)10(2)14/h9,11,13H,3-8H2,1-2H3. The molecule has 0 aliphatic carbocycles. The van der Waals surface area contributed by atoms with E-state index < -0.39 is 0 Å². The summed E-state index contributed by atoms with van der Waals surface area (Å²) in [5.74, 6) is 0.601. The number of carbonyl (C=O) groups is 1. The van der Waals surface area contributed by atoms with Crippen molar-refractivity contribution in [3.63, 3.8) is 0 Å². The molecule has 0 saturated carbocycles. The van der Waals surface area contributed by atoms with E-state index in [-0.39, 0.29) is 12.5 Å². The van der Waals surface area contributed by atoms with Crippen molar-refractivity contribution in [1.82, 2.24) is 4.90 Å². The molecule has 1 fully saturated rings. The first-order chi connectivity index (χ1) is 6.66. The molecule has 3 heteroatoms. The van der Waals surface area contributed by atoms with Crippen molar-refractivity contribution in [3.05, 3.63) is 0 Å². The third-order valence-corrected chi connectivity index (χ3v) is 3.19. The van der Waals surface area contributed by atoms with E-state index in [9.17, 15) is 4.79 Å². The second-order valence-electron chi connectivity index (χ2n) is 4.27. The fraction of sp³-hybridized carbons (Fsp3) is 0.909. The second-order valence-corrected chi connectivity index (χ2v) is 4.27. The molecule has 2 unspecified atom stereocenters. The zero-order valence-corrected chi connectivity index (χ0v) is 9.20. The second kappa shape index (κ2) is 5.35. The lowest BCUT2D eigenvalue weighted by atomic mass is 9.89. The number of rotatable bonds is 3. The quantitative estimate of drug-likeness (QED) is 0.746. The maximum atomic E-state index is 11.4. The Bertz CT molecular complexity index is 194. The lowest BCUT2D eigenvalue weighted by Crippen LogP contribution is -2.46. The van der Waals surface area contributed by atoms with Gasteiger partial charge in [0, 0.05) is 26.1 Å². The summed E-state index contributed by atoms with van der Waals surface area (Å²) in [7, 11) is 0. The number of nitrogens with zero attached hydrogens (tertiary/aromatic N) is 1. The molecule has 0 aromatic carbocycles. The third-order valence-electron chi connectivity index (χ3n) is 3.19. The highest BCUT2D eigenvalue weighted by molar-refractivity contribution is 5.73. The molecule has 1 aliphatic rings. The van der Waals surface area contributed by atoms with E-state index in [1.165, 1.54) is 6.42 Å². The van der Waals surface area contributed by atoms with Crippen LogP contribution >= 0.6 is 0 Å².